The Morgan fingerprint density at radius 2 is 1.89 bits per heavy atom. The van der Waals surface area contributed by atoms with Gasteiger partial charge in [0, 0.05) is 5.92 Å². The lowest BCUT2D eigenvalue weighted by molar-refractivity contribution is 0.421. The Labute approximate surface area is 103 Å². The van der Waals surface area contributed by atoms with Crippen LogP contribution in [-0.2, 0) is 0 Å². The van der Waals surface area contributed by atoms with Gasteiger partial charge < -0.3 is 4.52 Å². The minimum atomic E-state index is 0.454. The number of fused-ring (bicyclic) bond motifs is 1. The lowest BCUT2D eigenvalue weighted by Crippen LogP contribution is -1.89. The lowest BCUT2D eigenvalue weighted by atomic mass is 10.3. The molecule has 4 rings (SSSR count). The molecule has 0 N–H and O–H groups in total. The van der Waals surface area contributed by atoms with Crippen LogP contribution in [0.4, 0.5) is 0 Å². The Kier molecular flexibility index (Phi) is 1.94. The van der Waals surface area contributed by atoms with Crippen molar-refractivity contribution in [2.24, 2.45) is 0 Å². The first kappa shape index (κ1) is 9.70. The molecular formula is C13H10N4O. The maximum absolute atomic E-state index is 5.24. The monoisotopic (exact) mass is 238 g/mol. The van der Waals surface area contributed by atoms with Gasteiger partial charge in [-0.1, -0.05) is 17.3 Å². The van der Waals surface area contributed by atoms with Crippen LogP contribution >= 0.6 is 0 Å². The number of nitrogens with zero attached hydrogens (tertiary/aromatic N) is 4. The van der Waals surface area contributed by atoms with E-state index in [1.54, 1.807) is 6.20 Å². The third-order valence-electron chi connectivity index (χ3n) is 3.05. The maximum Gasteiger partial charge on any atom is 0.278 e. The van der Waals surface area contributed by atoms with Crippen LogP contribution in [0.5, 0.6) is 0 Å². The lowest BCUT2D eigenvalue weighted by Gasteiger charge is -1.97. The summed E-state index contributed by atoms with van der Waals surface area (Å²) in [6.07, 6.45) is 3.98. The number of para-hydroxylation sites is 2. The Morgan fingerprint density at radius 1 is 1.06 bits per heavy atom. The Morgan fingerprint density at radius 3 is 2.72 bits per heavy atom. The van der Waals surface area contributed by atoms with Gasteiger partial charge in [0.15, 0.2) is 5.82 Å². The van der Waals surface area contributed by atoms with Crippen LogP contribution in [-0.4, -0.2) is 20.1 Å². The molecule has 0 spiro atoms. The molecule has 18 heavy (non-hydrogen) atoms. The summed E-state index contributed by atoms with van der Waals surface area (Å²) in [4.78, 5) is 13.2. The predicted molar refractivity (Wildman–Crippen MR) is 64.8 cm³/mol. The fourth-order valence-electron chi connectivity index (χ4n) is 1.91. The second-order valence-electron chi connectivity index (χ2n) is 4.48. The first-order chi connectivity index (χ1) is 8.90. The summed E-state index contributed by atoms with van der Waals surface area (Å²) in [5.74, 6) is 1.73. The molecule has 0 unspecified atom stereocenters. The average Bonchev–Trinajstić information content (AvgIpc) is 3.16. The van der Waals surface area contributed by atoms with E-state index in [0.29, 0.717) is 17.5 Å². The molecule has 0 aliphatic heterocycles. The van der Waals surface area contributed by atoms with Gasteiger partial charge in [-0.25, -0.2) is 4.98 Å². The first-order valence-corrected chi connectivity index (χ1v) is 5.96. The SMILES string of the molecule is c1ccc2nc(-c3nc(C4CC4)no3)cnc2c1. The van der Waals surface area contributed by atoms with Gasteiger partial charge in [0.1, 0.15) is 5.69 Å². The van der Waals surface area contributed by atoms with E-state index >= 15 is 0 Å². The highest BCUT2D eigenvalue weighted by atomic mass is 16.5. The molecule has 0 radical (unpaired) electrons. The van der Waals surface area contributed by atoms with Gasteiger partial charge in [0.05, 0.1) is 17.2 Å². The van der Waals surface area contributed by atoms with Crippen molar-refractivity contribution in [1.29, 1.82) is 0 Å². The topological polar surface area (TPSA) is 64.7 Å². The van der Waals surface area contributed by atoms with Crippen LogP contribution < -0.4 is 0 Å². The molecule has 2 aromatic heterocycles. The number of aromatic nitrogens is 4. The molecule has 1 fully saturated rings. The smallest absolute Gasteiger partial charge is 0.278 e. The Bertz CT molecular complexity index is 718. The molecule has 1 aromatic carbocycles. The molecule has 5 nitrogen and oxygen atoms in total. The van der Waals surface area contributed by atoms with Crippen LogP contribution in [0.3, 0.4) is 0 Å². The highest BCUT2D eigenvalue weighted by Crippen LogP contribution is 2.38. The van der Waals surface area contributed by atoms with Crippen molar-refractivity contribution in [3.8, 4) is 11.6 Å². The Hall–Kier alpha value is -2.30. The zero-order valence-electron chi connectivity index (χ0n) is 9.58. The minimum absolute atomic E-state index is 0.454. The summed E-state index contributed by atoms with van der Waals surface area (Å²) >= 11 is 0. The molecule has 0 amide bonds. The van der Waals surface area contributed by atoms with Crippen LogP contribution in [0.2, 0.25) is 0 Å². The van der Waals surface area contributed by atoms with Gasteiger partial charge in [-0.05, 0) is 25.0 Å². The first-order valence-electron chi connectivity index (χ1n) is 5.96. The average molecular weight is 238 g/mol. The normalized spacial score (nSPS) is 15.1. The molecular weight excluding hydrogens is 228 g/mol. The van der Waals surface area contributed by atoms with Gasteiger partial charge in [-0.15, -0.1) is 0 Å². The third kappa shape index (κ3) is 1.55. The zero-order valence-corrected chi connectivity index (χ0v) is 9.58. The molecule has 0 saturated heterocycles. The number of hydrogen-bond donors (Lipinski definition) is 0. The van der Waals surface area contributed by atoms with Crippen LogP contribution in [0.25, 0.3) is 22.6 Å². The maximum atomic E-state index is 5.24. The summed E-state index contributed by atoms with van der Waals surface area (Å²) in [7, 11) is 0. The van der Waals surface area contributed by atoms with E-state index in [2.05, 4.69) is 20.1 Å². The second-order valence-corrected chi connectivity index (χ2v) is 4.48. The summed E-state index contributed by atoms with van der Waals surface area (Å²) in [6.45, 7) is 0. The van der Waals surface area contributed by atoms with Crippen molar-refractivity contribution in [2.45, 2.75) is 18.8 Å². The molecule has 1 aliphatic rings. The zero-order chi connectivity index (χ0) is 11.9. The molecule has 0 bridgehead atoms. The van der Waals surface area contributed by atoms with E-state index < -0.39 is 0 Å². The van der Waals surface area contributed by atoms with Crippen LogP contribution in [0.1, 0.15) is 24.6 Å². The van der Waals surface area contributed by atoms with E-state index in [-0.39, 0.29) is 0 Å². The molecule has 1 aliphatic carbocycles. The van der Waals surface area contributed by atoms with Crippen LogP contribution in [0, 0.1) is 0 Å². The molecule has 5 heteroatoms. The predicted octanol–water partition coefficient (Wildman–Crippen LogP) is 2.56. The highest BCUT2D eigenvalue weighted by molar-refractivity contribution is 5.75. The quantitative estimate of drug-likeness (QED) is 0.686. The van der Waals surface area contributed by atoms with Crippen molar-refractivity contribution < 1.29 is 4.52 Å². The molecule has 2 heterocycles. The second kappa shape index (κ2) is 3.60. The van der Waals surface area contributed by atoms with E-state index in [9.17, 15) is 0 Å². The van der Waals surface area contributed by atoms with E-state index in [1.165, 1.54) is 0 Å². The summed E-state index contributed by atoms with van der Waals surface area (Å²) < 4.78 is 5.24. The van der Waals surface area contributed by atoms with Gasteiger partial charge in [-0.3, -0.25) is 4.98 Å². The summed E-state index contributed by atoms with van der Waals surface area (Å²) in [5, 5.41) is 3.98. The van der Waals surface area contributed by atoms with Gasteiger partial charge >= 0.3 is 0 Å². The molecule has 3 aromatic rings. The molecule has 88 valence electrons. The Balaban J connectivity index is 1.80. The third-order valence-corrected chi connectivity index (χ3v) is 3.05. The van der Waals surface area contributed by atoms with Crippen molar-refractivity contribution in [3.63, 3.8) is 0 Å². The number of rotatable bonds is 2. The summed E-state index contributed by atoms with van der Waals surface area (Å²) in [5.41, 5.74) is 2.33. The van der Waals surface area contributed by atoms with Gasteiger partial charge in [0.25, 0.3) is 5.89 Å². The van der Waals surface area contributed by atoms with Gasteiger partial charge in [-0.2, -0.15) is 4.98 Å². The largest absolute Gasteiger partial charge is 0.332 e. The highest BCUT2D eigenvalue weighted by Gasteiger charge is 2.29. The van der Waals surface area contributed by atoms with E-state index in [0.717, 1.165) is 29.7 Å². The fraction of sp³-hybridized carbons (Fsp3) is 0.231. The number of hydrogen-bond acceptors (Lipinski definition) is 5. The van der Waals surface area contributed by atoms with Crippen molar-refractivity contribution in [3.05, 3.63) is 36.3 Å². The molecule has 0 atom stereocenters. The minimum Gasteiger partial charge on any atom is -0.332 e. The van der Waals surface area contributed by atoms with Gasteiger partial charge in [0.2, 0.25) is 0 Å². The van der Waals surface area contributed by atoms with Crippen LogP contribution in [0.15, 0.2) is 35.0 Å². The van der Waals surface area contributed by atoms with E-state index in [4.69, 9.17) is 4.52 Å². The molecule has 1 saturated carbocycles. The fourth-order valence-corrected chi connectivity index (χ4v) is 1.91. The summed E-state index contributed by atoms with van der Waals surface area (Å²) in [6, 6.07) is 7.72. The number of benzene rings is 1. The van der Waals surface area contributed by atoms with Crippen molar-refractivity contribution in [1.82, 2.24) is 20.1 Å². The van der Waals surface area contributed by atoms with Crippen molar-refractivity contribution >= 4 is 11.0 Å². The standard InChI is InChI=1S/C13H10N4O/c1-2-4-10-9(3-1)14-7-11(15-10)13-16-12(17-18-13)8-5-6-8/h1-4,7-8H,5-6H2. The van der Waals surface area contributed by atoms with Crippen molar-refractivity contribution in [2.75, 3.05) is 0 Å². The van der Waals surface area contributed by atoms with E-state index in [1.807, 2.05) is 24.3 Å².